The van der Waals surface area contributed by atoms with Crippen LogP contribution in [0.2, 0.25) is 0 Å². The smallest absolute Gasteiger partial charge is 0.239 e. The molecule has 2 amide bonds. The zero-order valence-corrected chi connectivity index (χ0v) is 19.4. The number of nitrogens with one attached hydrogen (secondary N) is 2. The summed E-state index contributed by atoms with van der Waals surface area (Å²) >= 11 is 0. The average Bonchev–Trinajstić information content (AvgIpc) is 2.77. The minimum Gasteiger partial charge on any atom is -0.369 e. The highest BCUT2D eigenvalue weighted by molar-refractivity contribution is 5.84. The monoisotopic (exact) mass is 428 g/mol. The quantitative estimate of drug-likeness (QED) is 0.634. The summed E-state index contributed by atoms with van der Waals surface area (Å²) in [5.41, 5.74) is 2.61. The van der Waals surface area contributed by atoms with Gasteiger partial charge >= 0.3 is 0 Å². The summed E-state index contributed by atoms with van der Waals surface area (Å²) in [5.74, 6) is 0.428. The van der Waals surface area contributed by atoms with Gasteiger partial charge in [-0.25, -0.2) is 0 Å². The van der Waals surface area contributed by atoms with Crippen molar-refractivity contribution in [3.63, 3.8) is 0 Å². The zero-order valence-electron chi connectivity index (χ0n) is 19.4. The maximum atomic E-state index is 12.2. The van der Waals surface area contributed by atoms with Crippen molar-refractivity contribution < 1.29 is 9.59 Å². The predicted molar refractivity (Wildman–Crippen MR) is 126 cm³/mol. The fourth-order valence-corrected chi connectivity index (χ4v) is 4.73. The molecule has 0 spiro atoms. The van der Waals surface area contributed by atoms with E-state index >= 15 is 0 Å². The van der Waals surface area contributed by atoms with E-state index in [1.807, 2.05) is 6.92 Å². The number of anilines is 1. The third kappa shape index (κ3) is 8.17. The lowest BCUT2D eigenvalue weighted by Crippen LogP contribution is -2.48. The summed E-state index contributed by atoms with van der Waals surface area (Å²) in [4.78, 5) is 29.2. The molecular weight excluding hydrogens is 388 g/mol. The number of amides is 2. The van der Waals surface area contributed by atoms with Crippen LogP contribution in [-0.4, -0.2) is 62.0 Å². The zero-order chi connectivity index (χ0) is 22.1. The van der Waals surface area contributed by atoms with Crippen LogP contribution in [0.5, 0.6) is 0 Å². The van der Waals surface area contributed by atoms with Crippen molar-refractivity contribution in [2.45, 2.75) is 64.8 Å². The Labute approximate surface area is 187 Å². The van der Waals surface area contributed by atoms with Crippen molar-refractivity contribution >= 4 is 17.5 Å². The number of aryl methyl sites for hydroxylation is 1. The molecule has 0 radical (unpaired) electrons. The van der Waals surface area contributed by atoms with Crippen molar-refractivity contribution in [3.05, 3.63) is 29.8 Å². The fraction of sp³-hybridized carbons (Fsp3) is 0.680. The predicted octanol–water partition coefficient (Wildman–Crippen LogP) is 3.10. The molecule has 1 aliphatic carbocycles. The Morgan fingerprint density at radius 2 is 1.81 bits per heavy atom. The van der Waals surface area contributed by atoms with Gasteiger partial charge in [-0.15, -0.1) is 0 Å². The molecule has 1 saturated heterocycles. The first kappa shape index (κ1) is 23.6. The van der Waals surface area contributed by atoms with Crippen LogP contribution in [-0.2, 0) is 9.59 Å². The number of piperazine rings is 1. The highest BCUT2D eigenvalue weighted by atomic mass is 16.2. The molecule has 1 saturated carbocycles. The van der Waals surface area contributed by atoms with E-state index in [0.717, 1.165) is 52.0 Å². The summed E-state index contributed by atoms with van der Waals surface area (Å²) in [6.45, 7) is 9.43. The second kappa shape index (κ2) is 12.1. The van der Waals surface area contributed by atoms with E-state index in [0.29, 0.717) is 12.3 Å². The number of hydrogen-bond acceptors (Lipinski definition) is 4. The summed E-state index contributed by atoms with van der Waals surface area (Å²) < 4.78 is 0. The van der Waals surface area contributed by atoms with Gasteiger partial charge in [-0.1, -0.05) is 31.4 Å². The van der Waals surface area contributed by atoms with Gasteiger partial charge in [0.1, 0.15) is 0 Å². The van der Waals surface area contributed by atoms with Crippen LogP contribution >= 0.6 is 0 Å². The molecule has 31 heavy (non-hydrogen) atoms. The van der Waals surface area contributed by atoms with Crippen LogP contribution in [0.3, 0.4) is 0 Å². The van der Waals surface area contributed by atoms with Crippen LogP contribution in [0, 0.1) is 12.8 Å². The van der Waals surface area contributed by atoms with Crippen LogP contribution in [0.4, 0.5) is 5.69 Å². The molecule has 3 rings (SSSR count). The number of nitrogens with zero attached hydrogens (tertiary/aromatic N) is 2. The number of rotatable bonds is 9. The molecule has 1 atom stereocenters. The third-order valence-electron chi connectivity index (χ3n) is 6.67. The molecule has 0 bridgehead atoms. The van der Waals surface area contributed by atoms with Crippen molar-refractivity contribution in [3.8, 4) is 0 Å². The third-order valence-corrected chi connectivity index (χ3v) is 6.67. The highest BCUT2D eigenvalue weighted by Crippen LogP contribution is 2.26. The molecule has 1 aliphatic heterocycles. The molecule has 2 N–H and O–H groups in total. The molecule has 1 unspecified atom stereocenters. The SMILES string of the molecule is Cc1cccc(N2CCN(CCC(C)NC(=O)CNC(=O)CC3CCCCC3)CC2)c1. The van der Waals surface area contributed by atoms with Crippen molar-refractivity contribution in [1.82, 2.24) is 15.5 Å². The van der Waals surface area contributed by atoms with Gasteiger partial charge in [0.2, 0.25) is 11.8 Å². The Morgan fingerprint density at radius 1 is 1.06 bits per heavy atom. The lowest BCUT2D eigenvalue weighted by Gasteiger charge is -2.36. The van der Waals surface area contributed by atoms with Gasteiger partial charge in [0, 0.05) is 50.9 Å². The van der Waals surface area contributed by atoms with E-state index in [2.05, 4.69) is 51.6 Å². The first-order valence-corrected chi connectivity index (χ1v) is 12.1. The molecule has 2 fully saturated rings. The molecular formula is C25H40N4O2. The van der Waals surface area contributed by atoms with Crippen LogP contribution in [0.15, 0.2) is 24.3 Å². The maximum Gasteiger partial charge on any atom is 0.239 e. The molecule has 1 heterocycles. The van der Waals surface area contributed by atoms with Gasteiger partial charge < -0.3 is 15.5 Å². The Bertz CT molecular complexity index is 709. The second-order valence-electron chi connectivity index (χ2n) is 9.41. The first-order chi connectivity index (χ1) is 15.0. The Hall–Kier alpha value is -2.08. The second-order valence-corrected chi connectivity index (χ2v) is 9.41. The van der Waals surface area contributed by atoms with Crippen LogP contribution in [0.1, 0.15) is 57.4 Å². The topological polar surface area (TPSA) is 64.7 Å². The van der Waals surface area contributed by atoms with Gasteiger partial charge in [0.25, 0.3) is 0 Å². The maximum absolute atomic E-state index is 12.2. The Kier molecular flexibility index (Phi) is 9.19. The van der Waals surface area contributed by atoms with E-state index in [1.54, 1.807) is 0 Å². The Balaban J connectivity index is 1.27. The largest absolute Gasteiger partial charge is 0.369 e. The summed E-state index contributed by atoms with van der Waals surface area (Å²) in [7, 11) is 0. The van der Waals surface area contributed by atoms with Gasteiger partial charge in [0.15, 0.2) is 0 Å². The number of carbonyl (C=O) groups excluding carboxylic acids is 2. The van der Waals surface area contributed by atoms with E-state index < -0.39 is 0 Å². The summed E-state index contributed by atoms with van der Waals surface area (Å²) in [5, 5.41) is 5.83. The number of carbonyl (C=O) groups is 2. The standard InChI is InChI=1S/C25H40N4O2/c1-20-7-6-10-23(17-20)29-15-13-28(14-16-29)12-11-21(2)27-25(31)19-26-24(30)18-22-8-4-3-5-9-22/h6-7,10,17,21-22H,3-5,8-9,11-16,18-19H2,1-2H3,(H,26,30)(H,27,31). The molecule has 6 heteroatoms. The Morgan fingerprint density at radius 3 is 2.52 bits per heavy atom. The molecule has 172 valence electrons. The van der Waals surface area contributed by atoms with Crippen LogP contribution < -0.4 is 15.5 Å². The molecule has 1 aromatic carbocycles. The van der Waals surface area contributed by atoms with E-state index in [-0.39, 0.29) is 24.4 Å². The number of benzene rings is 1. The highest BCUT2D eigenvalue weighted by Gasteiger charge is 2.19. The van der Waals surface area contributed by atoms with Crippen LogP contribution in [0.25, 0.3) is 0 Å². The van der Waals surface area contributed by atoms with Gasteiger partial charge in [-0.3, -0.25) is 14.5 Å². The molecule has 0 aromatic heterocycles. The first-order valence-electron chi connectivity index (χ1n) is 12.1. The summed E-state index contributed by atoms with van der Waals surface area (Å²) in [6.07, 6.45) is 7.55. The van der Waals surface area contributed by atoms with Crippen molar-refractivity contribution in [2.24, 2.45) is 5.92 Å². The lowest BCUT2D eigenvalue weighted by molar-refractivity contribution is -0.127. The van der Waals surface area contributed by atoms with Crippen molar-refractivity contribution in [2.75, 3.05) is 44.2 Å². The van der Waals surface area contributed by atoms with Gasteiger partial charge in [-0.05, 0) is 56.7 Å². The fourth-order valence-electron chi connectivity index (χ4n) is 4.73. The molecule has 1 aromatic rings. The molecule has 2 aliphatic rings. The average molecular weight is 429 g/mol. The van der Waals surface area contributed by atoms with E-state index in [4.69, 9.17) is 0 Å². The summed E-state index contributed by atoms with van der Waals surface area (Å²) in [6, 6.07) is 8.81. The lowest BCUT2D eigenvalue weighted by atomic mass is 9.87. The van der Waals surface area contributed by atoms with E-state index in [1.165, 1.54) is 30.5 Å². The van der Waals surface area contributed by atoms with Gasteiger partial charge in [0.05, 0.1) is 6.54 Å². The van der Waals surface area contributed by atoms with Gasteiger partial charge in [-0.2, -0.15) is 0 Å². The van der Waals surface area contributed by atoms with Crippen molar-refractivity contribution in [1.29, 1.82) is 0 Å². The minimum atomic E-state index is -0.0891. The normalized spacial score (nSPS) is 19.1. The van der Waals surface area contributed by atoms with E-state index in [9.17, 15) is 9.59 Å². The molecule has 6 nitrogen and oxygen atoms in total. The number of hydrogen-bond donors (Lipinski definition) is 2. The minimum absolute atomic E-state index is 0.0150.